The molecule has 0 atom stereocenters. The topological polar surface area (TPSA) is 109 Å². The van der Waals surface area contributed by atoms with Gasteiger partial charge in [-0.1, -0.05) is 0 Å². The van der Waals surface area contributed by atoms with Crippen LogP contribution in [0.2, 0.25) is 0 Å². The number of rotatable bonds is 3. The Morgan fingerprint density at radius 3 is 2.56 bits per heavy atom. The summed E-state index contributed by atoms with van der Waals surface area (Å²) in [6, 6.07) is 15.9. The molecule has 8 heteroatoms. The van der Waals surface area contributed by atoms with E-state index >= 15 is 0 Å². The van der Waals surface area contributed by atoms with Gasteiger partial charge in [-0.15, -0.1) is 0 Å². The summed E-state index contributed by atoms with van der Waals surface area (Å²) in [5, 5.41) is 8.46. The molecule has 5 aromatic heterocycles. The lowest BCUT2D eigenvalue weighted by Crippen LogP contribution is -1.90. The summed E-state index contributed by atoms with van der Waals surface area (Å²) in [6.45, 7) is 0. The van der Waals surface area contributed by atoms with Gasteiger partial charge in [-0.3, -0.25) is 15.1 Å². The van der Waals surface area contributed by atoms with Gasteiger partial charge in [0, 0.05) is 40.6 Å². The smallest absolute Gasteiger partial charge is 0.135 e. The number of halogens is 1. The van der Waals surface area contributed by atoms with Crippen molar-refractivity contribution in [3.63, 3.8) is 0 Å². The number of hydrogen-bond acceptors (Lipinski definition) is 5. The van der Waals surface area contributed by atoms with Crippen LogP contribution in [-0.2, 0) is 0 Å². The maximum absolute atomic E-state index is 13.4. The summed E-state index contributed by atoms with van der Waals surface area (Å²) >= 11 is 0. The van der Waals surface area contributed by atoms with E-state index < -0.39 is 0 Å². The van der Waals surface area contributed by atoms with Gasteiger partial charge in [0.25, 0.3) is 0 Å². The number of benzene rings is 1. The van der Waals surface area contributed by atoms with E-state index in [1.54, 1.807) is 30.7 Å². The molecule has 0 aliphatic heterocycles. The molecular formula is C24H16FN7. The first kappa shape index (κ1) is 18.2. The first-order chi connectivity index (χ1) is 15.7. The first-order valence-corrected chi connectivity index (χ1v) is 9.96. The second-order valence-electron chi connectivity index (χ2n) is 7.48. The molecular weight excluding hydrogens is 405 g/mol. The van der Waals surface area contributed by atoms with Crippen molar-refractivity contribution >= 4 is 27.6 Å². The number of nitrogen functional groups attached to an aromatic ring is 1. The van der Waals surface area contributed by atoms with Gasteiger partial charge < -0.3 is 10.7 Å². The van der Waals surface area contributed by atoms with E-state index in [0.29, 0.717) is 11.4 Å². The Hall–Kier alpha value is -4.59. The number of pyridine rings is 3. The molecule has 0 saturated heterocycles. The van der Waals surface area contributed by atoms with Gasteiger partial charge in [0.05, 0.1) is 28.3 Å². The van der Waals surface area contributed by atoms with Crippen LogP contribution in [0.3, 0.4) is 0 Å². The normalized spacial score (nSPS) is 11.4. The Labute approximate surface area is 181 Å². The van der Waals surface area contributed by atoms with Crippen molar-refractivity contribution in [2.24, 2.45) is 0 Å². The maximum Gasteiger partial charge on any atom is 0.135 e. The molecule has 7 nitrogen and oxygen atoms in total. The minimum Gasteiger partial charge on any atom is -0.397 e. The average molecular weight is 421 g/mol. The van der Waals surface area contributed by atoms with E-state index in [1.165, 1.54) is 12.1 Å². The number of aromatic nitrogens is 6. The van der Waals surface area contributed by atoms with Gasteiger partial charge in [-0.05, 0) is 54.6 Å². The molecule has 0 fully saturated rings. The predicted octanol–water partition coefficient (Wildman–Crippen LogP) is 4.95. The minimum absolute atomic E-state index is 0.282. The highest BCUT2D eigenvalue weighted by Gasteiger charge is 2.16. The fourth-order valence-corrected chi connectivity index (χ4v) is 3.86. The number of nitrogens with one attached hydrogen (secondary N) is 2. The lowest BCUT2D eigenvalue weighted by Gasteiger charge is -2.02. The number of anilines is 1. The molecule has 0 aliphatic rings. The van der Waals surface area contributed by atoms with Gasteiger partial charge >= 0.3 is 0 Å². The summed E-state index contributed by atoms with van der Waals surface area (Å²) in [6.07, 6.45) is 5.06. The van der Waals surface area contributed by atoms with Crippen molar-refractivity contribution in [3.05, 3.63) is 79.0 Å². The number of hydrogen-bond donors (Lipinski definition) is 3. The number of fused-ring (bicyclic) bond motifs is 2. The number of aromatic amines is 2. The molecule has 5 heterocycles. The SMILES string of the molecule is Nc1cncc(-c2ccc3[nH]nc(-c4cc5c(-c6ccc(F)cc6)nccc5[nH]4)c3n2)c1. The fraction of sp³-hybridized carbons (Fsp3) is 0. The lowest BCUT2D eigenvalue weighted by molar-refractivity contribution is 0.628. The number of nitrogens with two attached hydrogens (primary N) is 1. The Bertz CT molecular complexity index is 1600. The molecule has 0 saturated carbocycles. The summed E-state index contributed by atoms with van der Waals surface area (Å²) in [5.41, 5.74) is 13.6. The Morgan fingerprint density at radius 1 is 0.844 bits per heavy atom. The van der Waals surface area contributed by atoms with Crippen molar-refractivity contribution in [1.29, 1.82) is 0 Å². The third-order valence-corrected chi connectivity index (χ3v) is 5.38. The predicted molar refractivity (Wildman–Crippen MR) is 122 cm³/mol. The molecule has 0 unspecified atom stereocenters. The summed E-state index contributed by atoms with van der Waals surface area (Å²) < 4.78 is 13.4. The van der Waals surface area contributed by atoms with Gasteiger partial charge in [0.2, 0.25) is 0 Å². The zero-order valence-corrected chi connectivity index (χ0v) is 16.7. The van der Waals surface area contributed by atoms with Crippen LogP contribution in [0.25, 0.3) is 55.8 Å². The van der Waals surface area contributed by atoms with Gasteiger partial charge in [-0.2, -0.15) is 5.10 Å². The molecule has 0 radical (unpaired) electrons. The van der Waals surface area contributed by atoms with Crippen LogP contribution in [0.5, 0.6) is 0 Å². The maximum atomic E-state index is 13.4. The second kappa shape index (κ2) is 6.98. The van der Waals surface area contributed by atoms with E-state index in [2.05, 4.69) is 25.1 Å². The van der Waals surface area contributed by atoms with Crippen molar-refractivity contribution in [1.82, 2.24) is 30.1 Å². The van der Waals surface area contributed by atoms with Crippen LogP contribution in [0.15, 0.2) is 73.2 Å². The monoisotopic (exact) mass is 421 g/mol. The minimum atomic E-state index is -0.282. The van der Waals surface area contributed by atoms with Crippen molar-refractivity contribution in [2.75, 3.05) is 5.73 Å². The second-order valence-corrected chi connectivity index (χ2v) is 7.48. The van der Waals surface area contributed by atoms with E-state index in [-0.39, 0.29) is 5.82 Å². The third kappa shape index (κ3) is 2.97. The molecule has 32 heavy (non-hydrogen) atoms. The van der Waals surface area contributed by atoms with Crippen molar-refractivity contribution in [2.45, 2.75) is 0 Å². The number of H-pyrrole nitrogens is 2. The molecule has 1 aromatic carbocycles. The number of nitrogens with zero attached hydrogens (tertiary/aromatic N) is 4. The zero-order valence-electron chi connectivity index (χ0n) is 16.7. The fourth-order valence-electron chi connectivity index (χ4n) is 3.86. The molecule has 154 valence electrons. The summed E-state index contributed by atoms with van der Waals surface area (Å²) in [4.78, 5) is 16.9. The summed E-state index contributed by atoms with van der Waals surface area (Å²) in [5.74, 6) is -0.282. The van der Waals surface area contributed by atoms with Crippen LogP contribution in [0, 0.1) is 5.82 Å². The summed E-state index contributed by atoms with van der Waals surface area (Å²) in [7, 11) is 0. The van der Waals surface area contributed by atoms with Crippen LogP contribution >= 0.6 is 0 Å². The van der Waals surface area contributed by atoms with E-state index in [0.717, 1.165) is 50.1 Å². The Balaban J connectivity index is 1.50. The molecule has 6 aromatic rings. The molecule has 0 spiro atoms. The van der Waals surface area contributed by atoms with E-state index in [9.17, 15) is 4.39 Å². The highest BCUT2D eigenvalue weighted by atomic mass is 19.1. The average Bonchev–Trinajstić information content (AvgIpc) is 3.43. The Kier molecular flexibility index (Phi) is 3.97. The molecule has 4 N–H and O–H groups in total. The highest BCUT2D eigenvalue weighted by molar-refractivity contribution is 5.99. The lowest BCUT2D eigenvalue weighted by atomic mass is 10.1. The van der Waals surface area contributed by atoms with E-state index in [1.807, 2.05) is 30.3 Å². The largest absolute Gasteiger partial charge is 0.397 e. The van der Waals surface area contributed by atoms with Crippen molar-refractivity contribution in [3.8, 4) is 33.9 Å². The van der Waals surface area contributed by atoms with Crippen LogP contribution in [0.1, 0.15) is 0 Å². The Morgan fingerprint density at radius 2 is 1.72 bits per heavy atom. The standard InChI is InChI=1S/C24H16FN7/c25-15-3-1-13(2-4-15)22-17-10-21(29-19(17)7-8-28-22)24-23-20(31-32-24)6-5-18(30-23)14-9-16(26)12-27-11-14/h1-12,29H,26H2,(H,31,32). The third-order valence-electron chi connectivity index (χ3n) is 5.38. The zero-order chi connectivity index (χ0) is 21.7. The molecule has 6 rings (SSSR count). The van der Waals surface area contributed by atoms with E-state index in [4.69, 9.17) is 10.7 Å². The molecule has 0 bridgehead atoms. The van der Waals surface area contributed by atoms with Gasteiger partial charge in [-0.25, -0.2) is 9.37 Å². The molecule has 0 amide bonds. The highest BCUT2D eigenvalue weighted by Crippen LogP contribution is 2.33. The van der Waals surface area contributed by atoms with Crippen LogP contribution in [-0.4, -0.2) is 30.1 Å². The van der Waals surface area contributed by atoms with Gasteiger partial charge in [0.1, 0.15) is 17.0 Å². The van der Waals surface area contributed by atoms with Crippen LogP contribution < -0.4 is 5.73 Å². The van der Waals surface area contributed by atoms with Gasteiger partial charge in [0.15, 0.2) is 0 Å². The quantitative estimate of drug-likeness (QED) is 0.374. The molecule has 0 aliphatic carbocycles. The van der Waals surface area contributed by atoms with Crippen molar-refractivity contribution < 1.29 is 4.39 Å². The van der Waals surface area contributed by atoms with Crippen LogP contribution in [0.4, 0.5) is 10.1 Å². The first-order valence-electron chi connectivity index (χ1n) is 9.96.